The van der Waals surface area contributed by atoms with E-state index in [0.29, 0.717) is 17.8 Å². The fraction of sp³-hybridized carbons (Fsp3) is 0.545. The quantitative estimate of drug-likeness (QED) is 0.843. The zero-order valence-corrected chi connectivity index (χ0v) is 10.0. The van der Waals surface area contributed by atoms with Crippen molar-refractivity contribution in [3.63, 3.8) is 0 Å². The minimum atomic E-state index is -0.134. The Kier molecular flexibility index (Phi) is 3.67. The summed E-state index contributed by atoms with van der Waals surface area (Å²) < 4.78 is 1.65. The average Bonchev–Trinajstić information content (AvgIpc) is 2.53. The summed E-state index contributed by atoms with van der Waals surface area (Å²) in [6.07, 6.45) is 0.373. The maximum Gasteiger partial charge on any atom is 0.225 e. The number of anilines is 1. The number of rotatable bonds is 3. The molecule has 16 heavy (non-hydrogen) atoms. The molecule has 1 amide bonds. The number of nitrogens with zero attached hydrogens (tertiary/aromatic N) is 3. The number of aromatic nitrogens is 2. The Labute approximate surface area is 95.1 Å². The lowest BCUT2D eigenvalue weighted by Gasteiger charge is -2.04. The monoisotopic (exact) mass is 220 g/mol. The van der Waals surface area contributed by atoms with Gasteiger partial charge in [-0.25, -0.2) is 0 Å². The molecule has 1 aromatic rings. The summed E-state index contributed by atoms with van der Waals surface area (Å²) in [7, 11) is 1.78. The molecule has 0 atom stereocenters. The predicted octanol–water partition coefficient (Wildman–Crippen LogP) is 1.76. The molecule has 5 heteroatoms. The molecular weight excluding hydrogens is 204 g/mol. The van der Waals surface area contributed by atoms with Crippen LogP contribution in [0.5, 0.6) is 0 Å². The van der Waals surface area contributed by atoms with Gasteiger partial charge in [-0.1, -0.05) is 20.8 Å². The molecule has 1 aromatic heterocycles. The van der Waals surface area contributed by atoms with Crippen molar-refractivity contribution in [3.05, 3.63) is 11.3 Å². The fourth-order valence-electron chi connectivity index (χ4n) is 1.62. The van der Waals surface area contributed by atoms with Crippen LogP contribution in [0, 0.1) is 11.3 Å². The minimum absolute atomic E-state index is 0.134. The van der Waals surface area contributed by atoms with E-state index in [9.17, 15) is 4.79 Å². The van der Waals surface area contributed by atoms with E-state index >= 15 is 0 Å². The topological polar surface area (TPSA) is 70.7 Å². The molecule has 86 valence electrons. The Morgan fingerprint density at radius 1 is 1.62 bits per heavy atom. The van der Waals surface area contributed by atoms with Gasteiger partial charge in [0.1, 0.15) is 11.6 Å². The van der Waals surface area contributed by atoms with Crippen molar-refractivity contribution in [2.24, 2.45) is 7.05 Å². The van der Waals surface area contributed by atoms with Gasteiger partial charge >= 0.3 is 0 Å². The first-order valence-electron chi connectivity index (χ1n) is 5.28. The van der Waals surface area contributed by atoms with Crippen LogP contribution in [0.1, 0.15) is 44.4 Å². The van der Waals surface area contributed by atoms with Gasteiger partial charge in [-0.15, -0.1) is 0 Å². The van der Waals surface area contributed by atoms with Crippen LogP contribution in [0.2, 0.25) is 0 Å². The average molecular weight is 220 g/mol. The number of aryl methyl sites for hydroxylation is 1. The number of nitrogens with one attached hydrogen (secondary N) is 1. The van der Waals surface area contributed by atoms with Crippen molar-refractivity contribution in [2.75, 3.05) is 5.32 Å². The highest BCUT2D eigenvalue weighted by Gasteiger charge is 2.19. The van der Waals surface area contributed by atoms with Gasteiger partial charge in [0.05, 0.1) is 5.69 Å². The van der Waals surface area contributed by atoms with E-state index in [2.05, 4.69) is 16.5 Å². The van der Waals surface area contributed by atoms with Crippen LogP contribution in [0.15, 0.2) is 0 Å². The second kappa shape index (κ2) is 4.79. The smallest absolute Gasteiger partial charge is 0.225 e. The first kappa shape index (κ1) is 12.2. The summed E-state index contributed by atoms with van der Waals surface area (Å²) in [5.41, 5.74) is 1.30. The molecule has 1 heterocycles. The summed E-state index contributed by atoms with van der Waals surface area (Å²) in [6, 6.07) is 2.10. The van der Waals surface area contributed by atoms with Crippen LogP contribution in [-0.4, -0.2) is 15.7 Å². The summed E-state index contributed by atoms with van der Waals surface area (Å²) in [5, 5.41) is 15.9. The molecule has 0 bridgehead atoms. The minimum Gasteiger partial charge on any atom is -0.308 e. The molecule has 0 saturated heterocycles. The van der Waals surface area contributed by atoms with Crippen LogP contribution >= 0.6 is 0 Å². The zero-order valence-electron chi connectivity index (χ0n) is 10.0. The number of amides is 1. The summed E-state index contributed by atoms with van der Waals surface area (Å²) in [5.74, 6) is 0.421. The molecule has 5 nitrogen and oxygen atoms in total. The van der Waals surface area contributed by atoms with E-state index in [1.54, 1.807) is 18.7 Å². The van der Waals surface area contributed by atoms with Crippen molar-refractivity contribution >= 4 is 11.7 Å². The predicted molar refractivity (Wildman–Crippen MR) is 60.9 cm³/mol. The van der Waals surface area contributed by atoms with Crippen molar-refractivity contribution in [2.45, 2.75) is 33.1 Å². The van der Waals surface area contributed by atoms with Crippen molar-refractivity contribution in [1.82, 2.24) is 9.78 Å². The number of carbonyl (C=O) groups is 1. The first-order chi connectivity index (χ1) is 7.51. The van der Waals surface area contributed by atoms with E-state index in [-0.39, 0.29) is 11.8 Å². The second-order valence-corrected chi connectivity index (χ2v) is 3.90. The van der Waals surface area contributed by atoms with Crippen LogP contribution in [0.3, 0.4) is 0 Å². The van der Waals surface area contributed by atoms with Crippen molar-refractivity contribution < 1.29 is 4.79 Å². The van der Waals surface area contributed by atoms with E-state index in [0.717, 1.165) is 5.69 Å². The summed E-state index contributed by atoms with van der Waals surface area (Å²) >= 11 is 0. The number of carbonyl (C=O) groups excluding carboxylic acids is 1. The first-order valence-corrected chi connectivity index (χ1v) is 5.28. The molecule has 1 rings (SSSR count). The SMILES string of the molecule is CCC(=O)Nc1nn(C)c(C(C)C)c1C#N. The molecule has 0 spiro atoms. The third-order valence-corrected chi connectivity index (χ3v) is 2.33. The lowest BCUT2D eigenvalue weighted by atomic mass is 10.1. The maximum atomic E-state index is 11.3. The number of hydrogen-bond acceptors (Lipinski definition) is 3. The van der Waals surface area contributed by atoms with Gasteiger partial charge in [-0.3, -0.25) is 9.48 Å². The standard InChI is InChI=1S/C11H16N4O/c1-5-9(16)13-11-8(6-12)10(7(2)3)15(4)14-11/h7H,5H2,1-4H3,(H,13,14,16). The van der Waals surface area contributed by atoms with E-state index in [4.69, 9.17) is 5.26 Å². The highest BCUT2D eigenvalue weighted by molar-refractivity contribution is 5.90. The highest BCUT2D eigenvalue weighted by atomic mass is 16.1. The van der Waals surface area contributed by atoms with Crippen molar-refractivity contribution in [3.8, 4) is 6.07 Å². The zero-order chi connectivity index (χ0) is 12.3. The largest absolute Gasteiger partial charge is 0.308 e. The number of nitriles is 1. The molecule has 0 aliphatic rings. The molecule has 0 unspecified atom stereocenters. The third-order valence-electron chi connectivity index (χ3n) is 2.33. The van der Waals surface area contributed by atoms with E-state index in [1.165, 1.54) is 0 Å². The molecule has 1 N–H and O–H groups in total. The second-order valence-electron chi connectivity index (χ2n) is 3.90. The van der Waals surface area contributed by atoms with Gasteiger partial charge in [0.15, 0.2) is 5.82 Å². The summed E-state index contributed by atoms with van der Waals surface area (Å²) in [4.78, 5) is 11.3. The van der Waals surface area contributed by atoms with Crippen LogP contribution < -0.4 is 5.32 Å². The van der Waals surface area contributed by atoms with E-state index < -0.39 is 0 Å². The Morgan fingerprint density at radius 2 is 2.25 bits per heavy atom. The molecule has 0 aromatic carbocycles. The van der Waals surface area contributed by atoms with Crippen LogP contribution in [0.4, 0.5) is 5.82 Å². The van der Waals surface area contributed by atoms with E-state index in [1.807, 2.05) is 13.8 Å². The molecule has 0 fully saturated rings. The normalized spacial score (nSPS) is 10.2. The highest BCUT2D eigenvalue weighted by Crippen LogP contribution is 2.24. The molecule has 0 aliphatic heterocycles. The van der Waals surface area contributed by atoms with Gasteiger partial charge in [0.2, 0.25) is 5.91 Å². The van der Waals surface area contributed by atoms with Crippen molar-refractivity contribution in [1.29, 1.82) is 5.26 Å². The van der Waals surface area contributed by atoms with Crippen LogP contribution in [-0.2, 0) is 11.8 Å². The van der Waals surface area contributed by atoms with Gasteiger partial charge in [-0.2, -0.15) is 10.4 Å². The molecule has 0 radical (unpaired) electrons. The fourth-order valence-corrected chi connectivity index (χ4v) is 1.62. The summed E-state index contributed by atoms with van der Waals surface area (Å²) in [6.45, 7) is 5.74. The van der Waals surface area contributed by atoms with Gasteiger partial charge in [-0.05, 0) is 5.92 Å². The third kappa shape index (κ3) is 2.22. The van der Waals surface area contributed by atoms with Gasteiger partial charge in [0.25, 0.3) is 0 Å². The number of hydrogen-bond donors (Lipinski definition) is 1. The Balaban J connectivity index is 3.17. The Morgan fingerprint density at radius 3 is 2.69 bits per heavy atom. The Hall–Kier alpha value is -1.83. The molecular formula is C11H16N4O. The Bertz CT molecular complexity index is 440. The lowest BCUT2D eigenvalue weighted by molar-refractivity contribution is -0.115. The lowest BCUT2D eigenvalue weighted by Crippen LogP contribution is -2.11. The van der Waals surface area contributed by atoms with Gasteiger partial charge in [0, 0.05) is 13.5 Å². The molecule has 0 saturated carbocycles. The van der Waals surface area contributed by atoms with Gasteiger partial charge < -0.3 is 5.32 Å². The molecule has 0 aliphatic carbocycles. The maximum absolute atomic E-state index is 11.3. The van der Waals surface area contributed by atoms with Crippen LogP contribution in [0.25, 0.3) is 0 Å².